The van der Waals surface area contributed by atoms with Crippen LogP contribution in [-0.2, 0) is 9.59 Å². The molecule has 0 aromatic heterocycles. The quantitative estimate of drug-likeness (QED) is 0.494. The second-order valence-corrected chi connectivity index (χ2v) is 12.9. The monoisotopic (exact) mass is 430 g/mol. The lowest BCUT2D eigenvalue weighted by Crippen LogP contribution is -2.53. The van der Waals surface area contributed by atoms with Crippen LogP contribution in [0.4, 0.5) is 0 Å². The molecule has 31 heavy (non-hydrogen) atoms. The molecule has 4 rings (SSSR count). The molecule has 4 saturated carbocycles. The van der Waals surface area contributed by atoms with Crippen LogP contribution in [0, 0.1) is 58.2 Å². The van der Waals surface area contributed by atoms with E-state index in [0.29, 0.717) is 28.4 Å². The third-order valence-electron chi connectivity index (χ3n) is 11.3. The van der Waals surface area contributed by atoms with Gasteiger partial charge in [0, 0.05) is 12.8 Å². The van der Waals surface area contributed by atoms with E-state index in [1.807, 2.05) is 13.8 Å². The van der Waals surface area contributed by atoms with Gasteiger partial charge in [-0.15, -0.1) is 0 Å². The molecule has 3 nitrogen and oxygen atoms in total. The molecule has 0 aliphatic heterocycles. The second kappa shape index (κ2) is 8.49. The van der Waals surface area contributed by atoms with Gasteiger partial charge >= 0.3 is 5.97 Å². The maximum Gasteiger partial charge on any atom is 0.306 e. The van der Waals surface area contributed by atoms with Crippen LogP contribution in [0.1, 0.15) is 105 Å². The third-order valence-corrected chi connectivity index (χ3v) is 11.3. The van der Waals surface area contributed by atoms with Crippen LogP contribution < -0.4 is 0 Å². The van der Waals surface area contributed by atoms with Gasteiger partial charge in [0.05, 0.1) is 5.92 Å². The molecule has 1 unspecified atom stereocenters. The Morgan fingerprint density at radius 3 is 2.35 bits per heavy atom. The van der Waals surface area contributed by atoms with Crippen molar-refractivity contribution in [2.45, 2.75) is 105 Å². The number of fused-ring (bicyclic) bond motifs is 5. The van der Waals surface area contributed by atoms with Crippen LogP contribution in [-0.4, -0.2) is 16.9 Å². The summed E-state index contributed by atoms with van der Waals surface area (Å²) in [6.45, 7) is 11.6. The highest BCUT2D eigenvalue weighted by Crippen LogP contribution is 2.68. The van der Waals surface area contributed by atoms with Crippen LogP contribution in [0.2, 0.25) is 0 Å². The van der Waals surface area contributed by atoms with Gasteiger partial charge in [-0.1, -0.05) is 34.6 Å². The summed E-state index contributed by atoms with van der Waals surface area (Å²) >= 11 is 0. The lowest BCUT2D eigenvalue weighted by atomic mass is 9.44. The summed E-state index contributed by atoms with van der Waals surface area (Å²) in [5.74, 6) is 4.43. The predicted molar refractivity (Wildman–Crippen MR) is 125 cm³/mol. The molecule has 0 spiro atoms. The number of carboxylic acids is 1. The molecule has 0 saturated heterocycles. The number of hydrogen-bond acceptors (Lipinski definition) is 2. The normalized spacial score (nSPS) is 44.3. The number of Topliss-reactive ketones (excluding diaryl/α,β-unsaturated/α-hetero) is 1. The molecule has 0 aromatic rings. The average Bonchev–Trinajstić information content (AvgIpc) is 3.05. The lowest BCUT2D eigenvalue weighted by Gasteiger charge is -2.60. The largest absolute Gasteiger partial charge is 0.481 e. The topological polar surface area (TPSA) is 54.4 Å². The van der Waals surface area contributed by atoms with Crippen LogP contribution in [0.5, 0.6) is 0 Å². The molecule has 0 amide bonds. The zero-order chi connectivity index (χ0) is 22.6. The number of carbonyl (C=O) groups is 2. The summed E-state index contributed by atoms with van der Waals surface area (Å²) in [7, 11) is 0. The van der Waals surface area contributed by atoms with E-state index in [1.54, 1.807) is 0 Å². The third kappa shape index (κ3) is 3.90. The van der Waals surface area contributed by atoms with Crippen molar-refractivity contribution in [3.05, 3.63) is 0 Å². The van der Waals surface area contributed by atoms with Crippen molar-refractivity contribution >= 4 is 11.8 Å². The van der Waals surface area contributed by atoms with Crippen molar-refractivity contribution in [3.63, 3.8) is 0 Å². The number of aliphatic carboxylic acids is 1. The minimum absolute atomic E-state index is 0.201. The predicted octanol–water partition coefficient (Wildman–Crippen LogP) is 6.99. The molecular formula is C28H46O3. The molecule has 0 heterocycles. The fraction of sp³-hybridized carbons (Fsp3) is 0.929. The lowest BCUT2D eigenvalue weighted by molar-refractivity contribution is -0.144. The minimum Gasteiger partial charge on any atom is -0.481 e. The minimum atomic E-state index is -0.616. The number of rotatable bonds is 6. The Hall–Kier alpha value is -0.860. The molecule has 3 heteroatoms. The number of carbonyl (C=O) groups excluding carboxylic acids is 1. The van der Waals surface area contributed by atoms with Gasteiger partial charge in [0.15, 0.2) is 0 Å². The van der Waals surface area contributed by atoms with Crippen molar-refractivity contribution in [1.82, 2.24) is 0 Å². The van der Waals surface area contributed by atoms with E-state index in [0.717, 1.165) is 55.8 Å². The first-order chi connectivity index (χ1) is 14.6. The van der Waals surface area contributed by atoms with Gasteiger partial charge in [0.1, 0.15) is 5.78 Å². The second-order valence-electron chi connectivity index (χ2n) is 12.9. The summed E-state index contributed by atoms with van der Waals surface area (Å²) in [6, 6.07) is 0. The van der Waals surface area contributed by atoms with Crippen molar-refractivity contribution in [2.24, 2.45) is 58.2 Å². The molecular weight excluding hydrogens is 384 g/mol. The molecule has 9 atom stereocenters. The zero-order valence-electron chi connectivity index (χ0n) is 20.7. The highest BCUT2D eigenvalue weighted by atomic mass is 16.4. The Labute approximate surface area is 190 Å². The molecule has 4 fully saturated rings. The van der Waals surface area contributed by atoms with Gasteiger partial charge in [-0.05, 0) is 110 Å². The van der Waals surface area contributed by atoms with Crippen molar-refractivity contribution < 1.29 is 14.7 Å². The van der Waals surface area contributed by atoms with Crippen LogP contribution in [0.3, 0.4) is 0 Å². The van der Waals surface area contributed by atoms with E-state index in [2.05, 4.69) is 20.8 Å². The molecule has 4 aliphatic rings. The van der Waals surface area contributed by atoms with Gasteiger partial charge in [0.25, 0.3) is 0 Å². The van der Waals surface area contributed by atoms with Gasteiger partial charge in [-0.2, -0.15) is 0 Å². The highest BCUT2D eigenvalue weighted by Gasteiger charge is 2.60. The summed E-state index contributed by atoms with van der Waals surface area (Å²) in [4.78, 5) is 23.8. The Morgan fingerprint density at radius 1 is 0.968 bits per heavy atom. The highest BCUT2D eigenvalue weighted by molar-refractivity contribution is 5.79. The fourth-order valence-electron chi connectivity index (χ4n) is 9.41. The van der Waals surface area contributed by atoms with Crippen molar-refractivity contribution in [1.29, 1.82) is 0 Å². The summed E-state index contributed by atoms with van der Waals surface area (Å²) < 4.78 is 0. The Morgan fingerprint density at radius 2 is 1.68 bits per heavy atom. The number of ketones is 1. The maximum atomic E-state index is 12.1. The molecule has 0 bridgehead atoms. The smallest absolute Gasteiger partial charge is 0.306 e. The molecule has 1 N–H and O–H groups in total. The Kier molecular flexibility index (Phi) is 6.38. The first-order valence-corrected chi connectivity index (χ1v) is 13.3. The number of hydrogen-bond donors (Lipinski definition) is 1. The SMILES string of the molecule is CC(C)C(CC[C@@H](C)[C@H]1CC[C@H]2[C@@H]3CC[C@@H]4CC(=O)CC[C@]4(C)[C@H]3CC[C@]12C)C(=O)O. The zero-order valence-corrected chi connectivity index (χ0v) is 20.7. The van der Waals surface area contributed by atoms with E-state index in [-0.39, 0.29) is 11.8 Å². The summed E-state index contributed by atoms with van der Waals surface area (Å²) in [5.41, 5.74) is 0.832. The van der Waals surface area contributed by atoms with Gasteiger partial charge in [0.2, 0.25) is 0 Å². The Bertz CT molecular complexity index is 698. The summed E-state index contributed by atoms with van der Waals surface area (Å²) in [6.07, 6.45) is 12.7. The van der Waals surface area contributed by atoms with Gasteiger partial charge in [-0.3, -0.25) is 9.59 Å². The first kappa shape index (κ1) is 23.3. The van der Waals surface area contributed by atoms with Crippen LogP contribution in [0.15, 0.2) is 0 Å². The van der Waals surface area contributed by atoms with Crippen LogP contribution >= 0.6 is 0 Å². The molecule has 0 aromatic carbocycles. The molecule has 0 radical (unpaired) electrons. The Balaban J connectivity index is 1.46. The van der Waals surface area contributed by atoms with Crippen LogP contribution in [0.25, 0.3) is 0 Å². The van der Waals surface area contributed by atoms with Gasteiger partial charge in [-0.25, -0.2) is 0 Å². The van der Waals surface area contributed by atoms with Crippen molar-refractivity contribution in [3.8, 4) is 0 Å². The van der Waals surface area contributed by atoms with E-state index in [1.165, 1.54) is 38.5 Å². The standard InChI is InChI=1S/C28H46O3/c1-17(2)21(26(30)31)8-6-18(3)23-10-11-24-22-9-7-19-16-20(29)12-14-27(19,4)25(22)13-15-28(23,24)5/h17-19,21-25H,6-16H2,1-5H3,(H,30,31)/t18-,19-,21?,22+,23-,24+,25+,27+,28-/m1/s1. The first-order valence-electron chi connectivity index (χ1n) is 13.3. The van der Waals surface area contributed by atoms with E-state index in [9.17, 15) is 14.7 Å². The average molecular weight is 431 g/mol. The fourth-order valence-corrected chi connectivity index (χ4v) is 9.41. The maximum absolute atomic E-state index is 12.1. The van der Waals surface area contributed by atoms with E-state index in [4.69, 9.17) is 0 Å². The van der Waals surface area contributed by atoms with E-state index < -0.39 is 5.97 Å². The van der Waals surface area contributed by atoms with Gasteiger partial charge < -0.3 is 5.11 Å². The molecule has 4 aliphatic carbocycles. The van der Waals surface area contributed by atoms with E-state index >= 15 is 0 Å². The number of carboxylic acid groups (broad SMARTS) is 1. The molecule has 176 valence electrons. The van der Waals surface area contributed by atoms with Crippen molar-refractivity contribution in [2.75, 3.05) is 0 Å². The summed E-state index contributed by atoms with van der Waals surface area (Å²) in [5, 5.41) is 9.60.